The van der Waals surface area contributed by atoms with Crippen LogP contribution < -0.4 is 0 Å². The van der Waals surface area contributed by atoms with Gasteiger partial charge in [0.15, 0.2) is 0 Å². The predicted molar refractivity (Wildman–Crippen MR) is 85.7 cm³/mol. The number of fused-ring (bicyclic) bond motifs is 1. The summed E-state index contributed by atoms with van der Waals surface area (Å²) in [5.41, 5.74) is 5.27. The van der Waals surface area contributed by atoms with E-state index in [0.29, 0.717) is 6.42 Å². The first-order valence-corrected chi connectivity index (χ1v) is 7.20. The van der Waals surface area contributed by atoms with E-state index in [2.05, 4.69) is 17.2 Å². The van der Waals surface area contributed by atoms with Crippen molar-refractivity contribution in [2.24, 2.45) is 7.05 Å². The van der Waals surface area contributed by atoms with Crippen LogP contribution >= 0.6 is 0 Å². The molecule has 3 aromatic rings. The van der Waals surface area contributed by atoms with Crippen LogP contribution in [0.1, 0.15) is 17.5 Å². The molecule has 0 unspecified atom stereocenters. The molecule has 0 saturated carbocycles. The molecule has 0 aliphatic carbocycles. The van der Waals surface area contributed by atoms with E-state index in [-0.39, 0.29) is 93.3 Å². The van der Waals surface area contributed by atoms with Crippen LogP contribution in [-0.2, 0) is 18.3 Å². The van der Waals surface area contributed by atoms with Crippen molar-refractivity contribution >= 4 is 16.9 Å². The Balaban J connectivity index is 0.00000144. The minimum Gasteiger partial charge on any atom is -0.481 e. The molecule has 2 aromatic carbocycles. The van der Waals surface area contributed by atoms with E-state index >= 15 is 0 Å². The van der Waals surface area contributed by atoms with Crippen molar-refractivity contribution in [1.29, 1.82) is 0 Å². The van der Waals surface area contributed by atoms with Crippen LogP contribution in [0, 0.1) is 99.9 Å². The van der Waals surface area contributed by atoms with E-state index in [1.54, 1.807) is 0 Å². The third kappa shape index (κ3) is 5.12. The second-order valence-electron chi connectivity index (χ2n) is 5.49. The van der Waals surface area contributed by atoms with Gasteiger partial charge < -0.3 is 5.11 Å². The van der Waals surface area contributed by atoms with Crippen molar-refractivity contribution in [3.05, 3.63) is 53.7 Å². The van der Waals surface area contributed by atoms with Gasteiger partial charge in [0.2, 0.25) is 0 Å². The first-order chi connectivity index (χ1) is 10.5. The maximum atomic E-state index is 10.8. The first-order valence-electron chi connectivity index (χ1n) is 7.20. The second kappa shape index (κ2) is 9.79. The van der Waals surface area contributed by atoms with Gasteiger partial charge in [-0.3, -0.25) is 9.48 Å². The first kappa shape index (κ1) is 22.3. The Bertz CT molecular complexity index is 861. The molecule has 134 valence electrons. The number of rotatable bonds is 4. The molecule has 0 amide bonds. The van der Waals surface area contributed by atoms with Crippen LogP contribution in [0.5, 0.6) is 0 Å². The van der Waals surface area contributed by atoms with E-state index in [0.717, 1.165) is 33.2 Å². The smallest absolute Gasteiger partial charge is 0.303 e. The fourth-order valence-corrected chi connectivity index (χ4v) is 2.62. The van der Waals surface area contributed by atoms with Crippen molar-refractivity contribution in [2.45, 2.75) is 19.8 Å². The third-order valence-electron chi connectivity index (χ3n) is 3.93. The van der Waals surface area contributed by atoms with Crippen molar-refractivity contribution in [2.75, 3.05) is 0 Å². The normalized spacial score (nSPS) is 10.1. The molecule has 0 aliphatic heterocycles. The summed E-state index contributed by atoms with van der Waals surface area (Å²) in [5, 5.41) is 14.2. The molecule has 0 spiro atoms. The SMILES string of the molecule is Cc1c[c-]c(-c2ccc3c(cnn3C)c2)cc1CCC(=O)O.[Gd].[Yb]. The predicted octanol–water partition coefficient (Wildman–Crippen LogP) is 3.37. The number of carbonyl (C=O) groups is 1. The summed E-state index contributed by atoms with van der Waals surface area (Å²) in [6.07, 6.45) is 2.53. The summed E-state index contributed by atoms with van der Waals surface area (Å²) >= 11 is 0. The van der Waals surface area contributed by atoms with Crippen LogP contribution in [0.2, 0.25) is 0 Å². The Morgan fingerprint density at radius 3 is 2.79 bits per heavy atom. The molecule has 0 bridgehead atoms. The molecule has 1 heterocycles. The summed E-state index contributed by atoms with van der Waals surface area (Å²) in [6.45, 7) is 1.99. The molecule has 0 aliphatic rings. The average molecular weight is 624 g/mol. The number of hydrogen-bond acceptors (Lipinski definition) is 2. The Morgan fingerprint density at radius 2 is 2.08 bits per heavy atom. The van der Waals surface area contributed by atoms with Gasteiger partial charge in [0, 0.05) is 106 Å². The Kier molecular flexibility index (Phi) is 9.09. The molecule has 6 heteroatoms. The number of hydrogen-bond donors (Lipinski definition) is 1. The van der Waals surface area contributed by atoms with E-state index in [1.165, 1.54) is 0 Å². The average Bonchev–Trinajstić information content (AvgIpc) is 2.87. The minimum absolute atomic E-state index is 0. The van der Waals surface area contributed by atoms with Crippen LogP contribution in [0.25, 0.3) is 22.0 Å². The molecule has 24 heavy (non-hydrogen) atoms. The van der Waals surface area contributed by atoms with Gasteiger partial charge in [-0.15, -0.1) is 34.9 Å². The number of benzene rings is 2. The van der Waals surface area contributed by atoms with Crippen molar-refractivity contribution < 1.29 is 96.8 Å². The summed E-state index contributed by atoms with van der Waals surface area (Å²) in [5.74, 6) is -0.773. The van der Waals surface area contributed by atoms with Crippen LogP contribution in [-0.4, -0.2) is 20.9 Å². The summed E-state index contributed by atoms with van der Waals surface area (Å²) in [7, 11) is 1.92. The second-order valence-corrected chi connectivity index (χ2v) is 5.49. The number of carboxylic acids is 1. The van der Waals surface area contributed by atoms with Crippen molar-refractivity contribution in [3.63, 3.8) is 0 Å². The largest absolute Gasteiger partial charge is 0.481 e. The van der Waals surface area contributed by atoms with Crippen LogP contribution in [0.4, 0.5) is 0 Å². The summed E-state index contributed by atoms with van der Waals surface area (Å²) in [4.78, 5) is 10.8. The number of carboxylic acid groups (broad SMARTS) is 1. The summed E-state index contributed by atoms with van der Waals surface area (Å²) in [6, 6.07) is 13.4. The molecule has 0 fully saturated rings. The molecular weight excluding hydrogens is 606 g/mol. The number of aryl methyl sites for hydroxylation is 3. The Morgan fingerprint density at radius 1 is 1.33 bits per heavy atom. The third-order valence-corrected chi connectivity index (χ3v) is 3.93. The molecule has 1 aromatic heterocycles. The Labute approximate surface area is 211 Å². The van der Waals surface area contributed by atoms with Crippen LogP contribution in [0.3, 0.4) is 0 Å². The van der Waals surface area contributed by atoms with E-state index < -0.39 is 5.97 Å². The zero-order valence-electron chi connectivity index (χ0n) is 13.2. The van der Waals surface area contributed by atoms with Gasteiger partial charge in [0.25, 0.3) is 0 Å². The zero-order chi connectivity index (χ0) is 15.7. The number of aromatic nitrogens is 2. The van der Waals surface area contributed by atoms with E-state index in [4.69, 9.17) is 5.11 Å². The fourth-order valence-electron chi connectivity index (χ4n) is 2.62. The van der Waals surface area contributed by atoms with Gasteiger partial charge in [-0.25, -0.2) is 0 Å². The molecular formula is C18H17GdN2O2Yb-. The minimum atomic E-state index is -0.773. The molecule has 0 saturated heterocycles. The van der Waals surface area contributed by atoms with Crippen LogP contribution in [0.15, 0.2) is 36.5 Å². The number of aliphatic carboxylic acids is 1. The summed E-state index contributed by atoms with van der Waals surface area (Å²) < 4.78 is 1.84. The van der Waals surface area contributed by atoms with Crippen molar-refractivity contribution in [3.8, 4) is 11.1 Å². The molecule has 3 rings (SSSR count). The standard InChI is InChI=1S/C18H17N2O2.Gd.Yb/c1-12-3-4-14(9-13(12)6-8-18(21)22)15-5-7-17-16(10-15)11-19-20(17)2;;/h3,5,7,9-11H,6,8H2,1-2H3,(H,21,22);;/q-1;;. The van der Waals surface area contributed by atoms with E-state index in [1.807, 2.05) is 49.1 Å². The number of nitrogens with zero attached hydrogens (tertiary/aromatic N) is 2. The van der Waals surface area contributed by atoms with E-state index in [9.17, 15) is 4.79 Å². The fraction of sp³-hybridized carbons (Fsp3) is 0.222. The zero-order valence-corrected chi connectivity index (χ0v) is 17.2. The molecule has 4 nitrogen and oxygen atoms in total. The quantitative estimate of drug-likeness (QED) is 0.454. The maximum Gasteiger partial charge on any atom is 0.303 e. The Hall–Kier alpha value is 0.224. The molecule has 0 radical (unpaired) electrons. The van der Waals surface area contributed by atoms with Gasteiger partial charge in [0.1, 0.15) is 0 Å². The van der Waals surface area contributed by atoms with Gasteiger partial charge in [-0.2, -0.15) is 5.10 Å². The molecule has 0 atom stereocenters. The monoisotopic (exact) mass is 625 g/mol. The van der Waals surface area contributed by atoms with Gasteiger partial charge in [-0.1, -0.05) is 24.6 Å². The van der Waals surface area contributed by atoms with Gasteiger partial charge in [-0.05, 0) is 12.5 Å². The van der Waals surface area contributed by atoms with Crippen molar-refractivity contribution in [1.82, 2.24) is 9.78 Å². The van der Waals surface area contributed by atoms with Gasteiger partial charge in [0.05, 0.1) is 11.7 Å². The molecule has 1 N–H and O–H groups in total. The van der Waals surface area contributed by atoms with Gasteiger partial charge >= 0.3 is 5.97 Å². The maximum absolute atomic E-state index is 10.8. The topological polar surface area (TPSA) is 55.1 Å².